The minimum Gasteiger partial charge on any atom is -0.550 e. The lowest BCUT2D eigenvalue weighted by Crippen LogP contribution is -2.45. The number of esters is 1. The Morgan fingerprint density at radius 1 is 1.33 bits per heavy atom. The zero-order valence-electron chi connectivity index (χ0n) is 9.48. The Kier molecular flexibility index (Phi) is 7.35. The Bertz CT molecular complexity index is 209. The smallest absolute Gasteiger partial charge is 0.303 e. The van der Waals surface area contributed by atoms with Crippen LogP contribution in [0.2, 0.25) is 0 Å². The van der Waals surface area contributed by atoms with E-state index in [0.717, 1.165) is 0 Å². The predicted octanol–water partition coefficient (Wildman–Crippen LogP) is -0.814. The lowest BCUT2D eigenvalue weighted by molar-refractivity contribution is -0.873. The van der Waals surface area contributed by atoms with Crippen molar-refractivity contribution in [3.05, 3.63) is 0 Å². The maximum atomic E-state index is 10.7. The molecule has 1 unspecified atom stereocenters. The number of carbonyl (C=O) groups excluding carboxylic acids is 2. The van der Waals surface area contributed by atoms with Crippen LogP contribution in [0, 0.1) is 0 Å². The number of aliphatic carboxylic acids is 1. The van der Waals surface area contributed by atoms with Crippen molar-refractivity contribution in [3.63, 3.8) is 0 Å². The first-order chi connectivity index (χ1) is 6.20. The SMILES string of the molecule is C[13C](=O)OC(CC(=O)[O-])C[N+](C)(C)C.Cl. The van der Waals surface area contributed by atoms with Crippen LogP contribution < -0.4 is 5.11 Å². The van der Waals surface area contributed by atoms with E-state index in [1.807, 2.05) is 21.1 Å². The van der Waals surface area contributed by atoms with Crippen molar-refractivity contribution in [2.75, 3.05) is 27.7 Å². The van der Waals surface area contributed by atoms with Crippen LogP contribution in [0.4, 0.5) is 0 Å². The number of quaternary nitrogens is 1. The maximum absolute atomic E-state index is 10.7. The lowest BCUT2D eigenvalue weighted by atomic mass is 10.2. The van der Waals surface area contributed by atoms with Crippen LogP contribution in [-0.4, -0.2) is 50.2 Å². The molecule has 0 aromatic heterocycles. The summed E-state index contributed by atoms with van der Waals surface area (Å²) in [5.41, 5.74) is 0. The molecule has 1 atom stereocenters. The van der Waals surface area contributed by atoms with E-state index in [4.69, 9.17) is 4.74 Å². The number of carbonyl (C=O) groups is 2. The fourth-order valence-electron chi connectivity index (χ4n) is 1.17. The van der Waals surface area contributed by atoms with E-state index >= 15 is 0 Å². The standard InChI is InChI=1S/C9H17NO4.ClH/c1-7(11)14-8(5-9(12)13)6-10(2,3)4;/h8H,5-6H2,1-4H3;1H/i7+1;. The second-order valence-corrected chi connectivity index (χ2v) is 4.28. The van der Waals surface area contributed by atoms with Crippen LogP contribution in [0.1, 0.15) is 13.3 Å². The highest BCUT2D eigenvalue weighted by Crippen LogP contribution is 2.04. The number of hydrogen-bond donors (Lipinski definition) is 0. The summed E-state index contributed by atoms with van der Waals surface area (Å²) in [7, 11) is 5.68. The molecule has 5 nitrogen and oxygen atoms in total. The summed E-state index contributed by atoms with van der Waals surface area (Å²) in [6.45, 7) is 1.71. The van der Waals surface area contributed by atoms with Crippen LogP contribution in [0.3, 0.4) is 0 Å². The van der Waals surface area contributed by atoms with Gasteiger partial charge in [0.05, 0.1) is 21.1 Å². The molecule has 0 bridgehead atoms. The van der Waals surface area contributed by atoms with E-state index in [1.54, 1.807) is 0 Å². The van der Waals surface area contributed by atoms with Crippen molar-refractivity contribution < 1.29 is 23.9 Å². The summed E-state index contributed by atoms with van der Waals surface area (Å²) < 4.78 is 5.39. The number of rotatable bonds is 5. The summed E-state index contributed by atoms with van der Waals surface area (Å²) in [6.07, 6.45) is -0.868. The molecule has 0 amide bonds. The van der Waals surface area contributed by atoms with Gasteiger partial charge in [0, 0.05) is 19.3 Å². The molecular formula is C9H18ClNO4. The summed E-state index contributed by atoms with van der Waals surface area (Å²) in [5, 5.41) is 10.4. The highest BCUT2D eigenvalue weighted by molar-refractivity contribution is 5.85. The van der Waals surface area contributed by atoms with E-state index in [9.17, 15) is 14.7 Å². The van der Waals surface area contributed by atoms with Gasteiger partial charge in [-0.3, -0.25) is 4.79 Å². The number of halogens is 1. The first kappa shape index (κ1) is 16.6. The molecule has 0 aromatic rings. The van der Waals surface area contributed by atoms with E-state index < -0.39 is 18.0 Å². The minimum atomic E-state index is -1.20. The molecule has 0 rings (SSSR count). The molecule has 15 heavy (non-hydrogen) atoms. The zero-order chi connectivity index (χ0) is 11.4. The van der Waals surface area contributed by atoms with Gasteiger partial charge in [-0.1, -0.05) is 0 Å². The van der Waals surface area contributed by atoms with Gasteiger partial charge in [-0.05, 0) is 0 Å². The number of hydrogen-bond acceptors (Lipinski definition) is 4. The minimum absolute atomic E-state index is 0. The average Bonchev–Trinajstić information content (AvgIpc) is 1.77. The Morgan fingerprint density at radius 2 is 1.80 bits per heavy atom. The van der Waals surface area contributed by atoms with E-state index in [0.29, 0.717) is 11.0 Å². The van der Waals surface area contributed by atoms with Crippen molar-refractivity contribution in [2.24, 2.45) is 0 Å². The quantitative estimate of drug-likeness (QED) is 0.358. The van der Waals surface area contributed by atoms with Gasteiger partial charge in [0.15, 0.2) is 6.10 Å². The van der Waals surface area contributed by atoms with Gasteiger partial charge in [-0.25, -0.2) is 0 Å². The summed E-state index contributed by atoms with van der Waals surface area (Å²) in [6, 6.07) is 0. The van der Waals surface area contributed by atoms with Gasteiger partial charge in [-0.2, -0.15) is 0 Å². The molecule has 0 fully saturated rings. The third-order valence-corrected chi connectivity index (χ3v) is 1.48. The predicted molar refractivity (Wildman–Crippen MR) is 55.3 cm³/mol. The average molecular weight is 241 g/mol. The van der Waals surface area contributed by atoms with Crippen LogP contribution in [0.5, 0.6) is 0 Å². The normalized spacial score (nSPS) is 12.5. The fourth-order valence-corrected chi connectivity index (χ4v) is 1.17. The van der Waals surface area contributed by atoms with Crippen molar-refractivity contribution in [1.29, 1.82) is 0 Å². The number of nitrogens with zero attached hydrogens (tertiary/aromatic N) is 1. The van der Waals surface area contributed by atoms with Gasteiger partial charge >= 0.3 is 5.97 Å². The van der Waals surface area contributed by atoms with Gasteiger partial charge in [0.1, 0.15) is 6.54 Å². The second-order valence-electron chi connectivity index (χ2n) is 4.28. The number of carboxylic acids is 1. The Labute approximate surface area is 96.0 Å². The molecule has 0 aliphatic heterocycles. The van der Waals surface area contributed by atoms with Gasteiger partial charge < -0.3 is 19.1 Å². The maximum Gasteiger partial charge on any atom is 0.303 e. The van der Waals surface area contributed by atoms with Gasteiger partial charge in [-0.15, -0.1) is 12.4 Å². The topological polar surface area (TPSA) is 66.4 Å². The van der Waals surface area contributed by atoms with Crippen LogP contribution in [0.25, 0.3) is 0 Å². The molecule has 0 saturated heterocycles. The van der Waals surface area contributed by atoms with Crippen molar-refractivity contribution in [3.8, 4) is 0 Å². The third kappa shape index (κ3) is 11.1. The Hall–Kier alpha value is -0.810. The van der Waals surface area contributed by atoms with Gasteiger partial charge in [0.25, 0.3) is 0 Å². The first-order valence-electron chi connectivity index (χ1n) is 4.38. The molecule has 0 saturated carbocycles. The van der Waals surface area contributed by atoms with Crippen LogP contribution >= 0.6 is 12.4 Å². The molecular weight excluding hydrogens is 223 g/mol. The molecule has 0 spiro atoms. The van der Waals surface area contributed by atoms with E-state index in [1.165, 1.54) is 6.92 Å². The molecule has 0 aliphatic rings. The first-order valence-corrected chi connectivity index (χ1v) is 4.38. The summed E-state index contributed by atoms with van der Waals surface area (Å²) >= 11 is 0. The summed E-state index contributed by atoms with van der Waals surface area (Å²) in [5.74, 6) is -1.67. The lowest BCUT2D eigenvalue weighted by Gasteiger charge is -2.28. The zero-order valence-corrected chi connectivity index (χ0v) is 10.3. The molecule has 6 heteroatoms. The van der Waals surface area contributed by atoms with E-state index in [-0.39, 0.29) is 18.8 Å². The van der Waals surface area contributed by atoms with Crippen LogP contribution in [-0.2, 0) is 14.3 Å². The van der Waals surface area contributed by atoms with E-state index in [2.05, 4.69) is 0 Å². The number of carboxylic acid groups (broad SMARTS) is 1. The molecule has 0 aromatic carbocycles. The highest BCUT2D eigenvalue weighted by Gasteiger charge is 2.20. The van der Waals surface area contributed by atoms with Crippen molar-refractivity contribution in [2.45, 2.75) is 19.4 Å². The monoisotopic (exact) mass is 240 g/mol. The van der Waals surface area contributed by atoms with Crippen molar-refractivity contribution >= 4 is 24.3 Å². The molecule has 0 aliphatic carbocycles. The Balaban J connectivity index is 0. The highest BCUT2D eigenvalue weighted by atomic mass is 35.5. The van der Waals surface area contributed by atoms with Gasteiger partial charge in [0.2, 0.25) is 0 Å². The van der Waals surface area contributed by atoms with Crippen LogP contribution in [0.15, 0.2) is 0 Å². The third-order valence-electron chi connectivity index (χ3n) is 1.48. The second kappa shape index (κ2) is 6.63. The van der Waals surface area contributed by atoms with Crippen molar-refractivity contribution in [1.82, 2.24) is 0 Å². The summed E-state index contributed by atoms with van der Waals surface area (Å²) in [4.78, 5) is 21.0. The fraction of sp³-hybridized carbons (Fsp3) is 0.778. The largest absolute Gasteiger partial charge is 0.550 e. The Morgan fingerprint density at radius 3 is 2.07 bits per heavy atom. The molecule has 0 radical (unpaired) electrons. The molecule has 0 heterocycles. The molecule has 0 N–H and O–H groups in total. The number of likely N-dealkylation sites (N-methyl/N-ethyl adjacent to an activating group) is 1. The number of ether oxygens (including phenoxy) is 1. The molecule has 90 valence electrons.